The number of pyridine rings is 1. The molecule has 2 rings (SSSR count). The van der Waals surface area contributed by atoms with Crippen molar-refractivity contribution in [3.63, 3.8) is 0 Å². The first-order valence-corrected chi connectivity index (χ1v) is 8.77. The zero-order chi connectivity index (χ0) is 18.1. The topological polar surface area (TPSA) is 83.5 Å². The molecule has 0 fully saturated rings. The molecule has 1 heterocycles. The van der Waals surface area contributed by atoms with Crippen molar-refractivity contribution in [2.75, 3.05) is 25.1 Å². The molecule has 0 spiro atoms. The van der Waals surface area contributed by atoms with Crippen LogP contribution in [0.1, 0.15) is 39.5 Å². The number of aliphatic carboxylic acids is 1. The van der Waals surface area contributed by atoms with E-state index in [2.05, 4.69) is 10.3 Å². The van der Waals surface area contributed by atoms with Gasteiger partial charge < -0.3 is 24.7 Å². The third kappa shape index (κ3) is 5.81. The monoisotopic (exact) mass is 345 g/mol. The molecule has 0 atom stereocenters. The summed E-state index contributed by atoms with van der Waals surface area (Å²) in [6.07, 6.45) is 4.32. The van der Waals surface area contributed by atoms with E-state index in [9.17, 15) is 9.90 Å². The first-order valence-electron chi connectivity index (χ1n) is 8.77. The molecule has 25 heavy (non-hydrogen) atoms. The first-order chi connectivity index (χ1) is 12.1. The predicted molar refractivity (Wildman–Crippen MR) is 96.0 cm³/mol. The Bertz CT molecular complexity index is 703. The number of nitrogens with zero attached hydrogens (tertiary/aromatic N) is 1. The molecule has 136 valence electrons. The lowest BCUT2D eigenvalue weighted by molar-refractivity contribution is -0.305. The van der Waals surface area contributed by atoms with Crippen LogP contribution in [0.15, 0.2) is 24.4 Å². The van der Waals surface area contributed by atoms with Crippen molar-refractivity contribution >= 4 is 22.6 Å². The van der Waals surface area contributed by atoms with Gasteiger partial charge in [-0.1, -0.05) is 6.42 Å². The summed E-state index contributed by atoms with van der Waals surface area (Å²) in [6, 6.07) is 5.89. The fourth-order valence-corrected chi connectivity index (χ4v) is 2.57. The van der Waals surface area contributed by atoms with E-state index >= 15 is 0 Å². The minimum absolute atomic E-state index is 0.122. The van der Waals surface area contributed by atoms with Crippen LogP contribution in [0.2, 0.25) is 0 Å². The van der Waals surface area contributed by atoms with E-state index < -0.39 is 5.97 Å². The highest BCUT2D eigenvalue weighted by atomic mass is 16.5. The van der Waals surface area contributed by atoms with E-state index in [1.54, 1.807) is 0 Å². The number of carboxylic acid groups (broad SMARTS) is 1. The summed E-state index contributed by atoms with van der Waals surface area (Å²) in [7, 11) is 0. The molecule has 0 radical (unpaired) electrons. The molecule has 0 aliphatic rings. The summed E-state index contributed by atoms with van der Waals surface area (Å²) >= 11 is 0. The van der Waals surface area contributed by atoms with Crippen LogP contribution in [-0.4, -0.2) is 30.7 Å². The Morgan fingerprint density at radius 3 is 2.36 bits per heavy atom. The standard InChI is InChI=1S/C19H26N2O4/c1-3-24-16-10-14-12-18(20-9-7-5-6-8-19(22)23)21-13-15(14)11-17(16)25-4-2/h10-13H,3-9H2,1-2H3,(H,20,21)(H,22,23)/p-1. The summed E-state index contributed by atoms with van der Waals surface area (Å²) < 4.78 is 11.3. The smallest absolute Gasteiger partial charge is 0.161 e. The van der Waals surface area contributed by atoms with Crippen molar-refractivity contribution in [1.82, 2.24) is 4.98 Å². The number of unbranched alkanes of at least 4 members (excludes halogenated alkanes) is 2. The second kappa shape index (κ2) is 9.71. The largest absolute Gasteiger partial charge is 0.550 e. The van der Waals surface area contributed by atoms with E-state index in [4.69, 9.17) is 9.47 Å². The lowest BCUT2D eigenvalue weighted by Crippen LogP contribution is -2.21. The van der Waals surface area contributed by atoms with Crippen molar-refractivity contribution in [2.45, 2.75) is 39.5 Å². The SMILES string of the molecule is CCOc1cc2cnc(NCCCCCC(=O)[O-])cc2cc1OCC. The average molecular weight is 345 g/mol. The molecule has 2 aromatic rings. The van der Waals surface area contributed by atoms with Crippen LogP contribution in [-0.2, 0) is 4.79 Å². The lowest BCUT2D eigenvalue weighted by Gasteiger charge is -2.13. The van der Waals surface area contributed by atoms with Crippen LogP contribution in [0.5, 0.6) is 11.5 Å². The zero-order valence-corrected chi connectivity index (χ0v) is 14.8. The Morgan fingerprint density at radius 1 is 1.04 bits per heavy atom. The molecule has 6 nitrogen and oxygen atoms in total. The molecule has 1 N–H and O–H groups in total. The normalized spacial score (nSPS) is 10.6. The molecular formula is C19H25N2O4-. The number of ether oxygens (including phenoxy) is 2. The molecule has 1 aromatic heterocycles. The highest BCUT2D eigenvalue weighted by Gasteiger charge is 2.08. The number of benzene rings is 1. The van der Waals surface area contributed by atoms with Crippen molar-refractivity contribution in [3.05, 3.63) is 24.4 Å². The highest BCUT2D eigenvalue weighted by molar-refractivity contribution is 5.87. The van der Waals surface area contributed by atoms with Crippen LogP contribution in [0.4, 0.5) is 5.82 Å². The summed E-state index contributed by atoms with van der Waals surface area (Å²) in [6.45, 7) is 5.79. The molecule has 1 aromatic carbocycles. The second-order valence-electron chi connectivity index (χ2n) is 5.69. The molecule has 0 saturated heterocycles. The van der Waals surface area contributed by atoms with Crippen LogP contribution in [0.3, 0.4) is 0 Å². The number of fused-ring (bicyclic) bond motifs is 1. The maximum Gasteiger partial charge on any atom is 0.161 e. The summed E-state index contributed by atoms with van der Waals surface area (Å²) in [5.74, 6) is 1.27. The van der Waals surface area contributed by atoms with E-state index in [1.807, 2.05) is 38.2 Å². The van der Waals surface area contributed by atoms with E-state index in [0.29, 0.717) is 19.6 Å². The van der Waals surface area contributed by atoms with Gasteiger partial charge in [-0.2, -0.15) is 0 Å². The second-order valence-corrected chi connectivity index (χ2v) is 5.69. The third-order valence-electron chi connectivity index (χ3n) is 3.75. The van der Waals surface area contributed by atoms with E-state index in [-0.39, 0.29) is 6.42 Å². The van der Waals surface area contributed by atoms with Crippen molar-refractivity contribution in [1.29, 1.82) is 0 Å². The Kier molecular flexibility index (Phi) is 7.32. The highest BCUT2D eigenvalue weighted by Crippen LogP contribution is 2.33. The number of anilines is 1. The molecule has 6 heteroatoms. The van der Waals surface area contributed by atoms with Gasteiger partial charge in [0.1, 0.15) is 5.82 Å². The molecule has 0 unspecified atom stereocenters. The molecule has 0 bridgehead atoms. The molecule has 0 amide bonds. The Labute approximate surface area is 148 Å². The van der Waals surface area contributed by atoms with Crippen molar-refractivity contribution < 1.29 is 19.4 Å². The number of hydrogen-bond donors (Lipinski definition) is 1. The molecule has 0 saturated carbocycles. The van der Waals surface area contributed by atoms with Gasteiger partial charge in [0.05, 0.1) is 13.2 Å². The van der Waals surface area contributed by atoms with E-state index in [1.165, 1.54) is 0 Å². The molecule has 0 aliphatic carbocycles. The zero-order valence-electron chi connectivity index (χ0n) is 14.8. The Balaban J connectivity index is 2.00. The van der Waals surface area contributed by atoms with Crippen LogP contribution in [0.25, 0.3) is 10.8 Å². The number of carbonyl (C=O) groups excluding carboxylic acids is 1. The maximum atomic E-state index is 10.4. The summed E-state index contributed by atoms with van der Waals surface area (Å²) in [5.41, 5.74) is 0. The van der Waals surface area contributed by atoms with Crippen LogP contribution in [0, 0.1) is 0 Å². The van der Waals surface area contributed by atoms with Crippen LogP contribution >= 0.6 is 0 Å². The van der Waals surface area contributed by atoms with Gasteiger partial charge in [-0.25, -0.2) is 4.98 Å². The number of hydrogen-bond acceptors (Lipinski definition) is 6. The molecular weight excluding hydrogens is 320 g/mol. The maximum absolute atomic E-state index is 10.4. The van der Waals surface area contributed by atoms with E-state index in [0.717, 1.165) is 47.5 Å². The summed E-state index contributed by atoms with van der Waals surface area (Å²) in [4.78, 5) is 14.8. The fraction of sp³-hybridized carbons (Fsp3) is 0.474. The quantitative estimate of drug-likeness (QED) is 0.631. The third-order valence-corrected chi connectivity index (χ3v) is 3.75. The summed E-state index contributed by atoms with van der Waals surface area (Å²) in [5, 5.41) is 15.7. The minimum Gasteiger partial charge on any atom is -0.550 e. The van der Waals surface area contributed by atoms with Crippen molar-refractivity contribution in [2.24, 2.45) is 0 Å². The molecule has 0 aliphatic heterocycles. The van der Waals surface area contributed by atoms with Gasteiger partial charge in [0.15, 0.2) is 11.5 Å². The predicted octanol–water partition coefficient (Wildman–Crippen LogP) is 2.75. The lowest BCUT2D eigenvalue weighted by atomic mass is 10.1. The Morgan fingerprint density at radius 2 is 1.72 bits per heavy atom. The van der Waals surface area contributed by atoms with Gasteiger partial charge >= 0.3 is 0 Å². The van der Waals surface area contributed by atoms with Gasteiger partial charge in [-0.15, -0.1) is 0 Å². The number of nitrogens with one attached hydrogen (secondary N) is 1. The van der Waals surface area contributed by atoms with Crippen LogP contribution < -0.4 is 19.9 Å². The van der Waals surface area contributed by atoms with Gasteiger partial charge in [0.25, 0.3) is 0 Å². The number of carboxylic acids is 1. The van der Waals surface area contributed by atoms with Crippen molar-refractivity contribution in [3.8, 4) is 11.5 Å². The minimum atomic E-state index is -0.985. The average Bonchev–Trinajstić information content (AvgIpc) is 2.58. The van der Waals surface area contributed by atoms with Gasteiger partial charge in [0, 0.05) is 24.1 Å². The number of aromatic nitrogens is 1. The number of rotatable bonds is 11. The van der Waals surface area contributed by atoms with Gasteiger partial charge in [-0.3, -0.25) is 0 Å². The first kappa shape index (κ1) is 18.8. The fourth-order valence-electron chi connectivity index (χ4n) is 2.57. The Hall–Kier alpha value is -2.50. The van der Waals surface area contributed by atoms with Gasteiger partial charge in [-0.05, 0) is 56.7 Å². The number of carbonyl (C=O) groups is 1. The van der Waals surface area contributed by atoms with Gasteiger partial charge in [0.2, 0.25) is 0 Å².